The molecule has 1 aromatic carbocycles. The SMILES string of the molecule is NCc1cn(Cc2nc(COc3ccccc3)no2)nn1. The molecular weight excluding hydrogens is 272 g/mol. The van der Waals surface area contributed by atoms with Gasteiger partial charge in [0.05, 0.1) is 11.9 Å². The van der Waals surface area contributed by atoms with E-state index in [1.165, 1.54) is 0 Å². The van der Waals surface area contributed by atoms with Gasteiger partial charge in [-0.25, -0.2) is 4.68 Å². The Morgan fingerprint density at radius 3 is 2.86 bits per heavy atom. The van der Waals surface area contributed by atoms with Gasteiger partial charge in [0, 0.05) is 6.54 Å². The van der Waals surface area contributed by atoms with Gasteiger partial charge in [0.2, 0.25) is 11.7 Å². The van der Waals surface area contributed by atoms with Crippen molar-refractivity contribution >= 4 is 0 Å². The van der Waals surface area contributed by atoms with Gasteiger partial charge < -0.3 is 15.0 Å². The van der Waals surface area contributed by atoms with Crippen LogP contribution in [0, 0.1) is 0 Å². The average Bonchev–Trinajstić information content (AvgIpc) is 3.16. The Morgan fingerprint density at radius 2 is 2.10 bits per heavy atom. The molecule has 21 heavy (non-hydrogen) atoms. The van der Waals surface area contributed by atoms with Crippen LogP contribution in [0.15, 0.2) is 41.1 Å². The lowest BCUT2D eigenvalue weighted by Gasteiger charge is -2.01. The van der Waals surface area contributed by atoms with E-state index in [0.717, 1.165) is 5.75 Å². The third-order valence-electron chi connectivity index (χ3n) is 2.71. The maximum Gasteiger partial charge on any atom is 0.248 e. The second-order valence-corrected chi connectivity index (χ2v) is 4.32. The van der Waals surface area contributed by atoms with Gasteiger partial charge in [-0.05, 0) is 12.1 Å². The molecule has 3 rings (SSSR count). The summed E-state index contributed by atoms with van der Waals surface area (Å²) in [4.78, 5) is 4.23. The second kappa shape index (κ2) is 6.14. The minimum absolute atomic E-state index is 0.249. The van der Waals surface area contributed by atoms with E-state index in [2.05, 4.69) is 20.5 Å². The Kier molecular flexibility index (Phi) is 3.88. The highest BCUT2D eigenvalue weighted by Crippen LogP contribution is 2.10. The van der Waals surface area contributed by atoms with Crippen LogP contribution in [-0.4, -0.2) is 25.1 Å². The Morgan fingerprint density at radius 1 is 1.24 bits per heavy atom. The third kappa shape index (κ3) is 3.42. The number of hydrogen-bond donors (Lipinski definition) is 1. The van der Waals surface area contributed by atoms with Gasteiger partial charge in [-0.3, -0.25) is 0 Å². The van der Waals surface area contributed by atoms with Crippen LogP contribution in [-0.2, 0) is 19.7 Å². The summed E-state index contributed by atoms with van der Waals surface area (Å²) in [5.41, 5.74) is 6.18. The smallest absolute Gasteiger partial charge is 0.248 e. The first kappa shape index (κ1) is 13.3. The zero-order chi connectivity index (χ0) is 14.5. The molecule has 0 aliphatic heterocycles. The Hall–Kier alpha value is -2.74. The predicted molar refractivity (Wildman–Crippen MR) is 72.1 cm³/mol. The second-order valence-electron chi connectivity index (χ2n) is 4.32. The Labute approximate surface area is 120 Å². The number of benzene rings is 1. The zero-order valence-electron chi connectivity index (χ0n) is 11.2. The van der Waals surface area contributed by atoms with E-state index in [4.69, 9.17) is 15.0 Å². The fourth-order valence-electron chi connectivity index (χ4n) is 1.73. The van der Waals surface area contributed by atoms with E-state index in [0.29, 0.717) is 30.5 Å². The first-order valence-electron chi connectivity index (χ1n) is 6.42. The first-order valence-corrected chi connectivity index (χ1v) is 6.42. The van der Waals surface area contributed by atoms with Crippen LogP contribution in [0.1, 0.15) is 17.4 Å². The van der Waals surface area contributed by atoms with E-state index in [9.17, 15) is 0 Å². The van der Waals surface area contributed by atoms with E-state index < -0.39 is 0 Å². The number of hydrogen-bond acceptors (Lipinski definition) is 7. The molecule has 0 bridgehead atoms. The molecule has 0 saturated carbocycles. The summed E-state index contributed by atoms with van der Waals surface area (Å²) in [7, 11) is 0. The highest BCUT2D eigenvalue weighted by molar-refractivity contribution is 5.20. The summed E-state index contributed by atoms with van der Waals surface area (Å²) in [6.07, 6.45) is 1.74. The van der Waals surface area contributed by atoms with Gasteiger partial charge in [-0.1, -0.05) is 28.6 Å². The van der Waals surface area contributed by atoms with E-state index in [1.54, 1.807) is 10.9 Å². The van der Waals surface area contributed by atoms with Crippen LogP contribution >= 0.6 is 0 Å². The quantitative estimate of drug-likeness (QED) is 0.712. The Balaban J connectivity index is 1.58. The van der Waals surface area contributed by atoms with Crippen LogP contribution in [0.4, 0.5) is 0 Å². The maximum atomic E-state index is 5.54. The standard InChI is InChI=1S/C13H14N6O2/c14-6-10-7-19(18-16-10)8-13-15-12(17-21-13)9-20-11-4-2-1-3-5-11/h1-5,7H,6,8-9,14H2. The molecule has 0 aliphatic rings. The van der Waals surface area contributed by atoms with Gasteiger partial charge >= 0.3 is 0 Å². The Bertz CT molecular complexity index is 694. The molecule has 0 spiro atoms. The van der Waals surface area contributed by atoms with Crippen molar-refractivity contribution in [3.05, 3.63) is 53.9 Å². The molecule has 2 heterocycles. The van der Waals surface area contributed by atoms with Crippen molar-refractivity contribution in [3.8, 4) is 5.75 Å². The van der Waals surface area contributed by atoms with Gasteiger partial charge in [-0.2, -0.15) is 4.98 Å². The van der Waals surface area contributed by atoms with Gasteiger partial charge in [0.15, 0.2) is 6.61 Å². The van der Waals surface area contributed by atoms with Crippen molar-refractivity contribution < 1.29 is 9.26 Å². The van der Waals surface area contributed by atoms with Crippen molar-refractivity contribution in [3.63, 3.8) is 0 Å². The van der Waals surface area contributed by atoms with Crippen molar-refractivity contribution in [2.45, 2.75) is 19.7 Å². The number of aromatic nitrogens is 5. The number of rotatable bonds is 6. The third-order valence-corrected chi connectivity index (χ3v) is 2.71. The highest BCUT2D eigenvalue weighted by atomic mass is 16.5. The number of nitrogens with two attached hydrogens (primary N) is 1. The average molecular weight is 286 g/mol. The summed E-state index contributed by atoms with van der Waals surface area (Å²) >= 11 is 0. The fourth-order valence-corrected chi connectivity index (χ4v) is 1.73. The molecule has 0 radical (unpaired) electrons. The lowest BCUT2D eigenvalue weighted by molar-refractivity contribution is 0.284. The van der Waals surface area contributed by atoms with Gasteiger partial charge in [0.25, 0.3) is 0 Å². The van der Waals surface area contributed by atoms with E-state index >= 15 is 0 Å². The molecule has 0 saturated heterocycles. The summed E-state index contributed by atoms with van der Waals surface area (Å²) in [6, 6.07) is 9.45. The summed E-state index contributed by atoms with van der Waals surface area (Å²) in [5.74, 6) is 1.68. The van der Waals surface area contributed by atoms with Crippen molar-refractivity contribution in [2.75, 3.05) is 0 Å². The largest absolute Gasteiger partial charge is 0.485 e. The first-order chi connectivity index (χ1) is 10.3. The van der Waals surface area contributed by atoms with Crippen molar-refractivity contribution in [1.82, 2.24) is 25.1 Å². The normalized spacial score (nSPS) is 10.7. The zero-order valence-corrected chi connectivity index (χ0v) is 11.2. The van der Waals surface area contributed by atoms with Crippen LogP contribution in [0.25, 0.3) is 0 Å². The fraction of sp³-hybridized carbons (Fsp3) is 0.231. The lowest BCUT2D eigenvalue weighted by atomic mass is 10.3. The van der Waals surface area contributed by atoms with Crippen molar-refractivity contribution in [1.29, 1.82) is 0 Å². The molecule has 2 N–H and O–H groups in total. The van der Waals surface area contributed by atoms with Gasteiger partial charge in [0.1, 0.15) is 12.3 Å². The van der Waals surface area contributed by atoms with Crippen LogP contribution in [0.2, 0.25) is 0 Å². The van der Waals surface area contributed by atoms with Crippen LogP contribution < -0.4 is 10.5 Å². The minimum atomic E-state index is 0.249. The molecule has 0 amide bonds. The summed E-state index contributed by atoms with van der Waals surface area (Å²) in [5, 5.41) is 11.7. The molecule has 0 atom stereocenters. The monoisotopic (exact) mass is 286 g/mol. The molecule has 8 nitrogen and oxygen atoms in total. The molecule has 0 fully saturated rings. The number of ether oxygens (including phenoxy) is 1. The lowest BCUT2D eigenvalue weighted by Crippen LogP contribution is -2.02. The number of para-hydroxylation sites is 1. The van der Waals surface area contributed by atoms with E-state index in [-0.39, 0.29) is 6.61 Å². The molecular formula is C13H14N6O2. The van der Waals surface area contributed by atoms with Crippen LogP contribution in [0.5, 0.6) is 5.75 Å². The number of nitrogens with zero attached hydrogens (tertiary/aromatic N) is 5. The predicted octanol–water partition coefficient (Wildman–Crippen LogP) is 0.747. The van der Waals surface area contributed by atoms with Crippen LogP contribution in [0.3, 0.4) is 0 Å². The summed E-state index contributed by atoms with van der Waals surface area (Å²) < 4.78 is 12.3. The molecule has 8 heteroatoms. The summed E-state index contributed by atoms with van der Waals surface area (Å²) in [6.45, 7) is 0.949. The van der Waals surface area contributed by atoms with Crippen molar-refractivity contribution in [2.24, 2.45) is 5.73 Å². The highest BCUT2D eigenvalue weighted by Gasteiger charge is 2.09. The van der Waals surface area contributed by atoms with Gasteiger partial charge in [-0.15, -0.1) is 5.10 Å². The molecule has 0 unspecified atom stereocenters. The molecule has 3 aromatic rings. The molecule has 0 aliphatic carbocycles. The van der Waals surface area contributed by atoms with E-state index in [1.807, 2.05) is 30.3 Å². The molecule has 108 valence electrons. The maximum absolute atomic E-state index is 5.54. The topological polar surface area (TPSA) is 105 Å². The molecule has 2 aromatic heterocycles. The minimum Gasteiger partial charge on any atom is -0.485 e.